The van der Waals surface area contributed by atoms with Crippen molar-refractivity contribution in [2.24, 2.45) is 20.5 Å². The van der Waals surface area contributed by atoms with E-state index in [2.05, 4.69) is 31.1 Å². The molecule has 76 heavy (non-hydrogen) atoms. The maximum absolute atomic E-state index is 13.3. The summed E-state index contributed by atoms with van der Waals surface area (Å²) in [5.74, 6) is -1.39. The molecule has 0 aliphatic carbocycles. The highest BCUT2D eigenvalue weighted by Crippen LogP contribution is 2.46. The average molecular weight is 1070 g/mol. The molecule has 384 valence electrons. The van der Waals surface area contributed by atoms with Crippen molar-refractivity contribution in [3.8, 4) is 23.0 Å². The molecule has 0 bridgehead atoms. The second kappa shape index (κ2) is 23.6. The molecule has 0 aliphatic heterocycles. The van der Waals surface area contributed by atoms with E-state index in [1.54, 1.807) is 60.7 Å². The van der Waals surface area contributed by atoms with Crippen molar-refractivity contribution in [3.05, 3.63) is 195 Å². The number of hydrogen-bond donors (Lipinski definition) is 2. The number of carbonyl (C=O) groups is 2. The Labute approximate surface area is 437 Å². The molecule has 8 aromatic carbocycles. The minimum atomic E-state index is -0.654. The van der Waals surface area contributed by atoms with Gasteiger partial charge >= 0.3 is 11.4 Å². The number of nitro benzene ring substituents is 4. The van der Waals surface area contributed by atoms with Crippen molar-refractivity contribution >= 4 is 113 Å². The lowest BCUT2D eigenvalue weighted by Crippen LogP contribution is -2.13. The van der Waals surface area contributed by atoms with Crippen molar-refractivity contribution in [1.29, 1.82) is 0 Å². The molecule has 0 unspecified atom stereocenters. The number of halogens is 2. The first-order valence-electron chi connectivity index (χ1n) is 21.6. The Bertz CT molecular complexity index is 3490. The summed E-state index contributed by atoms with van der Waals surface area (Å²) in [6.07, 6.45) is 0. The van der Waals surface area contributed by atoms with Crippen molar-refractivity contribution in [1.82, 2.24) is 0 Å². The first-order chi connectivity index (χ1) is 36.5. The standard InChI is InChI=1S/2C25H18ClN5O7/c2*1-37-23-19(25(32)27-16-7-5-8-17(13-16)30(33)34)10-14-6-3-4-9-18(14)22(23)29-28-20-11-15(26)12-21(31(35)36)24(20)38-2/h2*3-13H,1-2H3,(H,27,32). The smallest absolute Gasteiger partial charge is 0.314 e. The number of rotatable bonds is 16. The summed E-state index contributed by atoms with van der Waals surface area (Å²) in [5.41, 5.74) is -0.276. The largest absolute Gasteiger partial charge is 0.494 e. The van der Waals surface area contributed by atoms with Gasteiger partial charge in [-0.15, -0.1) is 20.5 Å². The molecule has 0 aliphatic rings. The quantitative estimate of drug-likeness (QED) is 0.0516. The third-order valence-corrected chi connectivity index (χ3v) is 11.3. The molecule has 8 rings (SSSR count). The molecule has 0 aromatic heterocycles. The monoisotopic (exact) mass is 1070 g/mol. The molecular formula is C50H36Cl2N10O14. The number of fused-ring (bicyclic) bond motifs is 2. The van der Waals surface area contributed by atoms with Gasteiger partial charge < -0.3 is 29.6 Å². The number of ether oxygens (including phenoxy) is 4. The van der Waals surface area contributed by atoms with Crippen LogP contribution in [0.1, 0.15) is 20.7 Å². The third kappa shape index (κ3) is 11.8. The summed E-state index contributed by atoms with van der Waals surface area (Å²) >= 11 is 12.1. The number of anilines is 2. The van der Waals surface area contributed by atoms with Crippen LogP contribution < -0.4 is 29.6 Å². The molecule has 2 amide bonds. The Morgan fingerprint density at radius 3 is 1.16 bits per heavy atom. The van der Waals surface area contributed by atoms with E-state index in [4.69, 9.17) is 42.1 Å². The van der Waals surface area contributed by atoms with E-state index in [9.17, 15) is 50.0 Å². The Balaban J connectivity index is 0.000000221. The number of methoxy groups -OCH3 is 4. The molecule has 0 fully saturated rings. The van der Waals surface area contributed by atoms with E-state index in [-0.39, 0.29) is 89.7 Å². The van der Waals surface area contributed by atoms with Gasteiger partial charge in [-0.3, -0.25) is 50.0 Å². The molecular weight excluding hydrogens is 1040 g/mol. The summed E-state index contributed by atoms with van der Waals surface area (Å²) < 4.78 is 21.5. The second-order valence-corrected chi connectivity index (χ2v) is 16.3. The molecule has 8 aromatic rings. The predicted molar refractivity (Wildman–Crippen MR) is 281 cm³/mol. The number of benzene rings is 8. The van der Waals surface area contributed by atoms with Crippen molar-refractivity contribution in [2.45, 2.75) is 0 Å². The highest BCUT2D eigenvalue weighted by atomic mass is 35.5. The highest BCUT2D eigenvalue weighted by Gasteiger charge is 2.26. The maximum atomic E-state index is 13.3. The van der Waals surface area contributed by atoms with E-state index in [0.29, 0.717) is 21.5 Å². The molecule has 0 atom stereocenters. The van der Waals surface area contributed by atoms with Crippen LogP contribution >= 0.6 is 23.2 Å². The fourth-order valence-electron chi connectivity index (χ4n) is 7.54. The van der Waals surface area contributed by atoms with Crippen molar-refractivity contribution in [3.63, 3.8) is 0 Å². The molecule has 0 spiro atoms. The van der Waals surface area contributed by atoms with Crippen molar-refractivity contribution in [2.75, 3.05) is 39.1 Å². The Morgan fingerprint density at radius 1 is 0.447 bits per heavy atom. The van der Waals surface area contributed by atoms with E-state index in [1.165, 1.54) is 89.1 Å². The van der Waals surface area contributed by atoms with Gasteiger partial charge in [-0.05, 0) is 47.2 Å². The Hall–Kier alpha value is -10.2. The fraction of sp³-hybridized carbons (Fsp3) is 0.0800. The van der Waals surface area contributed by atoms with E-state index < -0.39 is 42.9 Å². The zero-order valence-corrected chi connectivity index (χ0v) is 41.3. The third-order valence-electron chi connectivity index (χ3n) is 10.8. The predicted octanol–water partition coefficient (Wildman–Crippen LogP) is 14.0. The Morgan fingerprint density at radius 2 is 0.816 bits per heavy atom. The lowest BCUT2D eigenvalue weighted by atomic mass is 10.0. The van der Waals surface area contributed by atoms with Gasteiger partial charge in [0.1, 0.15) is 22.7 Å². The van der Waals surface area contributed by atoms with Crippen LogP contribution in [0.5, 0.6) is 23.0 Å². The summed E-state index contributed by atoms with van der Waals surface area (Å²) in [5, 5.41) is 69.8. The van der Waals surface area contributed by atoms with Crippen LogP contribution in [0.25, 0.3) is 21.5 Å². The fourth-order valence-corrected chi connectivity index (χ4v) is 7.95. The maximum Gasteiger partial charge on any atom is 0.314 e. The number of azo groups is 2. The van der Waals surface area contributed by atoms with Gasteiger partial charge in [0, 0.05) is 68.6 Å². The Kier molecular flexibility index (Phi) is 16.6. The zero-order chi connectivity index (χ0) is 54.8. The normalized spacial score (nSPS) is 10.9. The van der Waals surface area contributed by atoms with Crippen LogP contribution in [-0.2, 0) is 0 Å². The van der Waals surface area contributed by atoms with Gasteiger partial charge in [-0.1, -0.05) is 83.9 Å². The summed E-state index contributed by atoms with van der Waals surface area (Å²) in [4.78, 5) is 69.2. The van der Waals surface area contributed by atoms with Crippen LogP contribution in [0.4, 0.5) is 56.9 Å². The van der Waals surface area contributed by atoms with Crippen molar-refractivity contribution < 1.29 is 48.2 Å². The zero-order valence-electron chi connectivity index (χ0n) is 39.8. The van der Waals surface area contributed by atoms with Crippen LogP contribution in [0, 0.1) is 40.5 Å². The lowest BCUT2D eigenvalue weighted by Gasteiger charge is -2.14. The second-order valence-electron chi connectivity index (χ2n) is 15.4. The minimum Gasteiger partial charge on any atom is -0.494 e. The molecule has 26 heteroatoms. The first-order valence-corrected chi connectivity index (χ1v) is 22.4. The van der Waals surface area contributed by atoms with Gasteiger partial charge in [-0.25, -0.2) is 0 Å². The molecule has 24 nitrogen and oxygen atoms in total. The number of amides is 2. The highest BCUT2D eigenvalue weighted by molar-refractivity contribution is 6.31. The van der Waals surface area contributed by atoms with E-state index in [1.807, 2.05) is 0 Å². The van der Waals surface area contributed by atoms with E-state index in [0.717, 1.165) is 12.1 Å². The van der Waals surface area contributed by atoms with Gasteiger partial charge in [0.25, 0.3) is 23.2 Å². The number of nitro groups is 4. The minimum absolute atomic E-state index is 0.00992. The number of non-ortho nitro benzene ring substituents is 2. The van der Waals surface area contributed by atoms with Gasteiger partial charge in [0.05, 0.1) is 59.3 Å². The summed E-state index contributed by atoms with van der Waals surface area (Å²) in [7, 11) is 5.20. The van der Waals surface area contributed by atoms with Crippen LogP contribution in [0.3, 0.4) is 0 Å². The SMILES string of the molecule is COc1c(N=Nc2c(OC)c(C(=O)Nc3cccc([N+](=O)[O-])c3)cc3ccccc23)cc(Cl)cc1[N+](=O)[O-].COc1c(N=Nc2c(OC)c(C(=O)Nc3cccc([N+](=O)[O-])c3)cc3ccccc23)cc(Cl)cc1[N+](=O)[O-]. The molecule has 0 radical (unpaired) electrons. The topological polar surface area (TPSA) is 317 Å². The number of carbonyl (C=O) groups excluding carboxylic acids is 2. The van der Waals surface area contributed by atoms with Gasteiger partial charge in [0.15, 0.2) is 11.5 Å². The number of hydrogen-bond acceptors (Lipinski definition) is 18. The van der Waals surface area contributed by atoms with Crippen LogP contribution in [0.15, 0.2) is 154 Å². The van der Waals surface area contributed by atoms with E-state index >= 15 is 0 Å². The van der Waals surface area contributed by atoms with Gasteiger partial charge in [-0.2, -0.15) is 0 Å². The summed E-state index contributed by atoms with van der Waals surface area (Å²) in [6, 6.07) is 33.2. The van der Waals surface area contributed by atoms with Crippen LogP contribution in [-0.4, -0.2) is 59.9 Å². The lowest BCUT2D eigenvalue weighted by molar-refractivity contribution is -0.385. The van der Waals surface area contributed by atoms with Gasteiger partial charge in [0.2, 0.25) is 11.5 Å². The first kappa shape index (κ1) is 53.6. The number of nitrogens with one attached hydrogen (secondary N) is 2. The molecule has 0 saturated heterocycles. The average Bonchev–Trinajstić information content (AvgIpc) is 3.41. The summed E-state index contributed by atoms with van der Waals surface area (Å²) in [6.45, 7) is 0. The number of nitrogens with zero attached hydrogens (tertiary/aromatic N) is 8. The molecule has 0 saturated carbocycles. The van der Waals surface area contributed by atoms with Crippen LogP contribution in [0.2, 0.25) is 10.0 Å². The molecule has 2 N–H and O–H groups in total. The molecule has 0 heterocycles.